The third kappa shape index (κ3) is 2.89. The fourth-order valence-electron chi connectivity index (χ4n) is 1.98. The van der Waals surface area contributed by atoms with E-state index in [-0.39, 0.29) is 11.9 Å². The van der Waals surface area contributed by atoms with E-state index in [1.807, 2.05) is 30.3 Å². The van der Waals surface area contributed by atoms with Gasteiger partial charge in [-0.25, -0.2) is 4.39 Å². The highest BCUT2D eigenvalue weighted by atomic mass is 35.5. The van der Waals surface area contributed by atoms with Crippen LogP contribution < -0.4 is 5.73 Å². The van der Waals surface area contributed by atoms with Gasteiger partial charge in [-0.3, -0.25) is 0 Å². The van der Waals surface area contributed by atoms with Crippen molar-refractivity contribution in [3.63, 3.8) is 0 Å². The van der Waals surface area contributed by atoms with Crippen molar-refractivity contribution >= 4 is 11.6 Å². The number of hydrogen-bond acceptors (Lipinski definition) is 1. The summed E-state index contributed by atoms with van der Waals surface area (Å²) in [4.78, 5) is 0. The summed E-state index contributed by atoms with van der Waals surface area (Å²) in [5.74, 6) is -0.216. The molecule has 0 saturated heterocycles. The number of nitrogens with two attached hydrogens (primary N) is 1. The highest BCUT2D eigenvalue weighted by Gasteiger charge is 2.13. The Bertz CT molecular complexity index is 554. The Balaban J connectivity index is 2.22. The van der Waals surface area contributed by atoms with Gasteiger partial charge in [-0.15, -0.1) is 0 Å². The van der Waals surface area contributed by atoms with Gasteiger partial charge in [0.25, 0.3) is 0 Å². The van der Waals surface area contributed by atoms with Crippen LogP contribution in [0, 0.1) is 12.7 Å². The zero-order chi connectivity index (χ0) is 13.1. The van der Waals surface area contributed by atoms with Gasteiger partial charge >= 0.3 is 0 Å². The quantitative estimate of drug-likeness (QED) is 0.889. The first kappa shape index (κ1) is 13.1. The van der Waals surface area contributed by atoms with Crippen LogP contribution >= 0.6 is 11.6 Å². The number of rotatable bonds is 3. The van der Waals surface area contributed by atoms with Crippen molar-refractivity contribution in [1.29, 1.82) is 0 Å². The summed E-state index contributed by atoms with van der Waals surface area (Å²) >= 11 is 5.92. The van der Waals surface area contributed by atoms with Crippen molar-refractivity contribution in [2.75, 3.05) is 0 Å². The molecule has 2 aromatic carbocycles. The summed E-state index contributed by atoms with van der Waals surface area (Å²) < 4.78 is 13.9. The molecule has 1 nitrogen and oxygen atoms in total. The molecule has 3 heteroatoms. The second-order valence-corrected chi connectivity index (χ2v) is 4.86. The molecule has 0 radical (unpaired) electrons. The van der Waals surface area contributed by atoms with Crippen molar-refractivity contribution in [3.05, 3.63) is 70.0 Å². The van der Waals surface area contributed by atoms with E-state index in [2.05, 4.69) is 0 Å². The van der Waals surface area contributed by atoms with Gasteiger partial charge in [0.1, 0.15) is 5.82 Å². The molecule has 1 atom stereocenters. The van der Waals surface area contributed by atoms with Crippen LogP contribution in [0.1, 0.15) is 22.7 Å². The summed E-state index contributed by atoms with van der Waals surface area (Å²) in [5, 5.41) is 0.671. The lowest BCUT2D eigenvalue weighted by molar-refractivity contribution is 0.573. The van der Waals surface area contributed by atoms with Gasteiger partial charge in [0, 0.05) is 16.6 Å². The first-order valence-electron chi connectivity index (χ1n) is 5.83. The number of hydrogen-bond donors (Lipinski definition) is 1. The van der Waals surface area contributed by atoms with Crippen LogP contribution in [-0.4, -0.2) is 0 Å². The van der Waals surface area contributed by atoms with Gasteiger partial charge in [-0.2, -0.15) is 0 Å². The van der Waals surface area contributed by atoms with E-state index in [1.165, 1.54) is 0 Å². The van der Waals surface area contributed by atoms with Crippen molar-refractivity contribution in [2.24, 2.45) is 5.73 Å². The third-order valence-corrected chi connectivity index (χ3v) is 3.20. The molecule has 2 rings (SSSR count). The minimum Gasteiger partial charge on any atom is -0.324 e. The van der Waals surface area contributed by atoms with E-state index in [4.69, 9.17) is 17.3 Å². The highest BCUT2D eigenvalue weighted by molar-refractivity contribution is 6.30. The van der Waals surface area contributed by atoms with Gasteiger partial charge in [-0.05, 0) is 36.6 Å². The average molecular weight is 264 g/mol. The molecular formula is C15H15ClFN. The SMILES string of the molecule is Cc1cccc(C(N)Cc2cccc(Cl)c2)c1F. The summed E-state index contributed by atoms with van der Waals surface area (Å²) in [5.41, 5.74) is 8.24. The first-order valence-corrected chi connectivity index (χ1v) is 6.21. The van der Waals surface area contributed by atoms with Crippen LogP contribution in [0.5, 0.6) is 0 Å². The number of aryl methyl sites for hydroxylation is 1. The second kappa shape index (κ2) is 5.51. The maximum absolute atomic E-state index is 13.9. The summed E-state index contributed by atoms with van der Waals surface area (Å²) in [6.07, 6.45) is 0.570. The Morgan fingerprint density at radius 1 is 1.22 bits per heavy atom. The molecule has 0 saturated carbocycles. The molecule has 1 unspecified atom stereocenters. The summed E-state index contributed by atoms with van der Waals surface area (Å²) in [7, 11) is 0. The fraction of sp³-hybridized carbons (Fsp3) is 0.200. The van der Waals surface area contributed by atoms with E-state index in [1.54, 1.807) is 19.1 Å². The van der Waals surface area contributed by atoms with Crippen molar-refractivity contribution < 1.29 is 4.39 Å². The minimum absolute atomic E-state index is 0.216. The Hall–Kier alpha value is -1.38. The monoisotopic (exact) mass is 263 g/mol. The highest BCUT2D eigenvalue weighted by Crippen LogP contribution is 2.22. The molecule has 0 aliphatic rings. The van der Waals surface area contributed by atoms with Crippen LogP contribution in [0.3, 0.4) is 0 Å². The molecule has 18 heavy (non-hydrogen) atoms. The molecule has 0 fully saturated rings. The minimum atomic E-state index is -0.358. The molecule has 0 aliphatic carbocycles. The number of benzene rings is 2. The van der Waals surface area contributed by atoms with Crippen LogP contribution in [0.2, 0.25) is 5.02 Å². The molecular weight excluding hydrogens is 249 g/mol. The largest absolute Gasteiger partial charge is 0.324 e. The van der Waals surface area contributed by atoms with E-state index in [9.17, 15) is 4.39 Å². The predicted octanol–water partition coefficient (Wildman–Crippen LogP) is 4.03. The molecule has 0 aromatic heterocycles. The second-order valence-electron chi connectivity index (χ2n) is 4.42. The maximum atomic E-state index is 13.9. The lowest BCUT2D eigenvalue weighted by Gasteiger charge is -2.14. The van der Waals surface area contributed by atoms with Gasteiger partial charge in [0.2, 0.25) is 0 Å². The standard InChI is InChI=1S/C15H15ClFN/c1-10-4-2-7-13(15(10)17)14(18)9-11-5-3-6-12(16)8-11/h2-8,14H,9,18H2,1H3. The smallest absolute Gasteiger partial charge is 0.130 e. The van der Waals surface area contributed by atoms with Crippen LogP contribution in [0.4, 0.5) is 4.39 Å². The van der Waals surface area contributed by atoms with Gasteiger partial charge in [0.15, 0.2) is 0 Å². The molecule has 2 N–H and O–H groups in total. The third-order valence-electron chi connectivity index (χ3n) is 2.97. The van der Waals surface area contributed by atoms with Gasteiger partial charge < -0.3 is 5.73 Å². The zero-order valence-corrected chi connectivity index (χ0v) is 10.9. The van der Waals surface area contributed by atoms with E-state index in [0.717, 1.165) is 5.56 Å². The average Bonchev–Trinajstić information content (AvgIpc) is 2.32. The topological polar surface area (TPSA) is 26.0 Å². The Morgan fingerprint density at radius 2 is 1.94 bits per heavy atom. The fourth-order valence-corrected chi connectivity index (χ4v) is 2.20. The van der Waals surface area contributed by atoms with Gasteiger partial charge in [0.05, 0.1) is 0 Å². The Kier molecular flexibility index (Phi) is 4.00. The molecule has 0 amide bonds. The summed E-state index contributed by atoms with van der Waals surface area (Å²) in [6.45, 7) is 1.74. The predicted molar refractivity (Wildman–Crippen MR) is 73.2 cm³/mol. The lowest BCUT2D eigenvalue weighted by atomic mass is 9.98. The van der Waals surface area contributed by atoms with Crippen molar-refractivity contribution in [3.8, 4) is 0 Å². The molecule has 94 valence electrons. The molecule has 0 aliphatic heterocycles. The summed E-state index contributed by atoms with van der Waals surface area (Å²) in [6, 6.07) is 12.4. The lowest BCUT2D eigenvalue weighted by Crippen LogP contribution is -2.15. The molecule has 0 spiro atoms. The van der Waals surface area contributed by atoms with E-state index in [0.29, 0.717) is 22.6 Å². The Labute approximate surface area is 111 Å². The molecule has 0 heterocycles. The van der Waals surface area contributed by atoms with Crippen LogP contribution in [0.25, 0.3) is 0 Å². The van der Waals surface area contributed by atoms with Crippen molar-refractivity contribution in [2.45, 2.75) is 19.4 Å². The van der Waals surface area contributed by atoms with Gasteiger partial charge in [-0.1, -0.05) is 41.9 Å². The van der Waals surface area contributed by atoms with Crippen LogP contribution in [0.15, 0.2) is 42.5 Å². The molecule has 2 aromatic rings. The molecule has 0 bridgehead atoms. The maximum Gasteiger partial charge on any atom is 0.130 e. The normalized spacial score (nSPS) is 12.4. The first-order chi connectivity index (χ1) is 8.58. The van der Waals surface area contributed by atoms with E-state index >= 15 is 0 Å². The van der Waals surface area contributed by atoms with Crippen molar-refractivity contribution in [1.82, 2.24) is 0 Å². The van der Waals surface area contributed by atoms with Crippen LogP contribution in [-0.2, 0) is 6.42 Å². The van der Waals surface area contributed by atoms with E-state index < -0.39 is 0 Å². The Morgan fingerprint density at radius 3 is 2.67 bits per heavy atom. The number of halogens is 2. The zero-order valence-electron chi connectivity index (χ0n) is 10.2.